The number of carbonyl (C=O) groups is 2. The van der Waals surface area contributed by atoms with E-state index < -0.39 is 11.9 Å². The number of carboxylic acid groups (broad SMARTS) is 2. The number of aromatic hydroxyl groups is 1. The summed E-state index contributed by atoms with van der Waals surface area (Å²) in [5.74, 6) is -2.91. The molecule has 6 nitrogen and oxygen atoms in total. The third kappa shape index (κ3) is 14.1. The molecule has 0 bridgehead atoms. The molecule has 0 spiro atoms. The van der Waals surface area contributed by atoms with Gasteiger partial charge in [0.1, 0.15) is 11.3 Å². The summed E-state index contributed by atoms with van der Waals surface area (Å²) >= 11 is 0. The number of para-hydroxylation sites is 2. The van der Waals surface area contributed by atoms with Crippen LogP contribution in [0.25, 0.3) is 0 Å². The summed E-state index contributed by atoms with van der Waals surface area (Å²) in [5.41, 5.74) is 1.11. The minimum atomic E-state index is -1.38. The molecule has 0 radical (unpaired) electrons. The van der Waals surface area contributed by atoms with Crippen molar-refractivity contribution in [2.75, 3.05) is 0 Å². The quantitative estimate of drug-likeness (QED) is 0.211. The molecule has 2 rings (SSSR count). The standard InChI is InChI=1S/2C15H22O3.Ca/c2*1-2-3-4-5-6-7-9-12-10-8-11-13(14(12)16)15(17)18;/h2*8,10-11,16H,2-7,9H2,1H3,(H,17,18);/q;;+2/p-2. The fraction of sp³-hybridized carbons (Fsp3) is 0.533. The Hall–Kier alpha value is -1.76. The van der Waals surface area contributed by atoms with Gasteiger partial charge in [0.05, 0.1) is 5.97 Å². The molecule has 2 N–H and O–H groups in total. The second kappa shape index (κ2) is 21.2. The van der Waals surface area contributed by atoms with Crippen molar-refractivity contribution >= 4 is 49.7 Å². The SMILES string of the molecule is CCCCCCCCc1cccc(C(=O)O)c1O.CCCCCCCCc1cccc(C(=O)[O-])c1[O-].[Ca+2]. The number of unbranched alkanes of at least 4 members (excludes halogenated alkanes) is 10. The third-order valence-corrected chi connectivity index (χ3v) is 6.27. The van der Waals surface area contributed by atoms with Crippen LogP contribution >= 0.6 is 0 Å². The Balaban J connectivity index is 0.000000682. The van der Waals surface area contributed by atoms with Gasteiger partial charge in [-0.1, -0.05) is 120 Å². The van der Waals surface area contributed by atoms with Crippen molar-refractivity contribution in [2.45, 2.75) is 104 Å². The van der Waals surface area contributed by atoms with Crippen LogP contribution < -0.4 is 10.2 Å². The molecule has 0 heterocycles. The number of aromatic carboxylic acids is 2. The van der Waals surface area contributed by atoms with Crippen LogP contribution in [0.2, 0.25) is 0 Å². The molecular formula is C30H42CaO6. The second-order valence-electron chi connectivity index (χ2n) is 9.24. The van der Waals surface area contributed by atoms with E-state index in [0.717, 1.165) is 37.7 Å². The van der Waals surface area contributed by atoms with E-state index >= 15 is 0 Å². The molecule has 7 heteroatoms. The van der Waals surface area contributed by atoms with Crippen LogP contribution in [0.1, 0.15) is 123 Å². The molecule has 2 aromatic rings. The molecule has 200 valence electrons. The fourth-order valence-corrected chi connectivity index (χ4v) is 4.10. The number of hydrogen-bond acceptors (Lipinski definition) is 5. The van der Waals surface area contributed by atoms with Gasteiger partial charge >= 0.3 is 43.7 Å². The van der Waals surface area contributed by atoms with Crippen molar-refractivity contribution < 1.29 is 30.0 Å². The zero-order valence-corrected chi connectivity index (χ0v) is 24.8. The Bertz CT molecular complexity index is 853. The van der Waals surface area contributed by atoms with Crippen molar-refractivity contribution in [2.24, 2.45) is 0 Å². The van der Waals surface area contributed by atoms with Crippen LogP contribution in [0, 0.1) is 0 Å². The van der Waals surface area contributed by atoms with Gasteiger partial charge in [0, 0.05) is 0 Å². The summed E-state index contributed by atoms with van der Waals surface area (Å²) in [4.78, 5) is 21.6. The molecule has 0 unspecified atom stereocenters. The number of phenols is 1. The number of rotatable bonds is 16. The number of benzene rings is 2. The van der Waals surface area contributed by atoms with Crippen molar-refractivity contribution in [3.8, 4) is 11.5 Å². The minimum absolute atomic E-state index is 0. The maximum absolute atomic E-state index is 11.8. The van der Waals surface area contributed by atoms with Crippen LogP contribution in [0.5, 0.6) is 11.5 Å². The molecule has 0 aliphatic heterocycles. The molecule has 0 saturated heterocycles. The summed E-state index contributed by atoms with van der Waals surface area (Å²) in [6, 6.07) is 9.55. The number of carboxylic acids is 2. The zero-order chi connectivity index (χ0) is 26.8. The van der Waals surface area contributed by atoms with Crippen LogP contribution in [-0.4, -0.2) is 59.9 Å². The summed E-state index contributed by atoms with van der Waals surface area (Å²) in [7, 11) is 0. The first-order valence-corrected chi connectivity index (χ1v) is 13.4. The maximum atomic E-state index is 11.8. The first kappa shape index (κ1) is 35.2. The molecule has 0 atom stereocenters. The zero-order valence-electron chi connectivity index (χ0n) is 22.6. The van der Waals surface area contributed by atoms with Gasteiger partial charge in [0.2, 0.25) is 0 Å². The van der Waals surface area contributed by atoms with E-state index in [4.69, 9.17) is 5.11 Å². The summed E-state index contributed by atoms with van der Waals surface area (Å²) in [5, 5.41) is 41.2. The van der Waals surface area contributed by atoms with Gasteiger partial charge in [0.15, 0.2) is 0 Å². The monoisotopic (exact) mass is 538 g/mol. The topological polar surface area (TPSA) is 121 Å². The second-order valence-corrected chi connectivity index (χ2v) is 9.24. The van der Waals surface area contributed by atoms with Gasteiger partial charge in [-0.15, -0.1) is 0 Å². The first-order valence-electron chi connectivity index (χ1n) is 13.4. The van der Waals surface area contributed by atoms with Gasteiger partial charge in [0.25, 0.3) is 0 Å². The average Bonchev–Trinajstić information content (AvgIpc) is 2.85. The Morgan fingerprint density at radius 3 is 1.62 bits per heavy atom. The Morgan fingerprint density at radius 1 is 0.703 bits per heavy atom. The van der Waals surface area contributed by atoms with Crippen LogP contribution in [-0.2, 0) is 12.8 Å². The van der Waals surface area contributed by atoms with Crippen LogP contribution in [0.4, 0.5) is 0 Å². The van der Waals surface area contributed by atoms with Gasteiger partial charge < -0.3 is 25.2 Å². The van der Waals surface area contributed by atoms with Gasteiger partial charge in [-0.3, -0.25) is 0 Å². The number of hydrogen-bond donors (Lipinski definition) is 2. The Labute approximate surface area is 252 Å². The van der Waals surface area contributed by atoms with E-state index in [-0.39, 0.29) is 60.4 Å². The minimum Gasteiger partial charge on any atom is -0.872 e. The molecule has 0 fully saturated rings. The molecule has 0 aliphatic rings. The smallest absolute Gasteiger partial charge is 0.872 e. The van der Waals surface area contributed by atoms with E-state index in [1.165, 1.54) is 63.5 Å². The fourth-order valence-electron chi connectivity index (χ4n) is 4.10. The molecule has 2 aromatic carbocycles. The predicted octanol–water partition coefficient (Wildman–Crippen LogP) is 5.64. The number of aryl methyl sites for hydroxylation is 2. The molecule has 0 aliphatic carbocycles. The van der Waals surface area contributed by atoms with Crippen molar-refractivity contribution in [1.82, 2.24) is 0 Å². The summed E-state index contributed by atoms with van der Waals surface area (Å²) < 4.78 is 0. The van der Waals surface area contributed by atoms with E-state index in [9.17, 15) is 24.9 Å². The Kier molecular flexibility index (Phi) is 20.2. The Morgan fingerprint density at radius 2 is 1.14 bits per heavy atom. The molecular weight excluding hydrogens is 496 g/mol. The van der Waals surface area contributed by atoms with E-state index in [1.807, 2.05) is 0 Å². The van der Waals surface area contributed by atoms with Gasteiger partial charge in [-0.25, -0.2) is 4.79 Å². The molecule has 0 aromatic heterocycles. The van der Waals surface area contributed by atoms with Gasteiger partial charge in [-0.05, 0) is 42.9 Å². The number of carbonyl (C=O) groups excluding carboxylic acids is 1. The third-order valence-electron chi connectivity index (χ3n) is 6.27. The summed E-state index contributed by atoms with van der Waals surface area (Å²) in [6.45, 7) is 4.37. The van der Waals surface area contributed by atoms with Crippen molar-refractivity contribution in [1.29, 1.82) is 0 Å². The summed E-state index contributed by atoms with van der Waals surface area (Å²) in [6.07, 6.45) is 15.5. The van der Waals surface area contributed by atoms with Crippen LogP contribution in [0.15, 0.2) is 36.4 Å². The van der Waals surface area contributed by atoms with Crippen molar-refractivity contribution in [3.05, 3.63) is 58.7 Å². The van der Waals surface area contributed by atoms with Crippen LogP contribution in [0.3, 0.4) is 0 Å². The maximum Gasteiger partial charge on any atom is 2.00 e. The van der Waals surface area contributed by atoms with Gasteiger partial charge in [-0.2, -0.15) is 0 Å². The largest absolute Gasteiger partial charge is 2.00 e. The normalized spacial score (nSPS) is 10.2. The predicted molar refractivity (Wildman–Crippen MR) is 145 cm³/mol. The first-order chi connectivity index (χ1) is 17.3. The average molecular weight is 539 g/mol. The molecule has 37 heavy (non-hydrogen) atoms. The van der Waals surface area contributed by atoms with E-state index in [1.54, 1.807) is 24.3 Å². The van der Waals surface area contributed by atoms with E-state index in [0.29, 0.717) is 12.0 Å². The van der Waals surface area contributed by atoms with Crippen molar-refractivity contribution in [3.63, 3.8) is 0 Å². The molecule has 0 saturated carbocycles. The molecule has 0 amide bonds. The van der Waals surface area contributed by atoms with E-state index in [2.05, 4.69) is 13.8 Å².